The van der Waals surface area contributed by atoms with Crippen LogP contribution in [0.1, 0.15) is 51.8 Å². The van der Waals surface area contributed by atoms with E-state index in [9.17, 15) is 4.79 Å². The molecule has 28 heavy (non-hydrogen) atoms. The number of nitrogens with one attached hydrogen (secondary N) is 1. The highest BCUT2D eigenvalue weighted by molar-refractivity contribution is 7.10. The van der Waals surface area contributed by atoms with Gasteiger partial charge in [-0.25, -0.2) is 0 Å². The van der Waals surface area contributed by atoms with E-state index < -0.39 is 0 Å². The quantitative estimate of drug-likeness (QED) is 0.779. The molecule has 1 N–H and O–H groups in total. The number of aryl methyl sites for hydroxylation is 1. The summed E-state index contributed by atoms with van der Waals surface area (Å²) in [5.74, 6) is 0.0990. The molecule has 0 bridgehead atoms. The molecule has 1 amide bonds. The van der Waals surface area contributed by atoms with Gasteiger partial charge in [0.1, 0.15) is 0 Å². The van der Waals surface area contributed by atoms with Gasteiger partial charge in [-0.15, -0.1) is 11.3 Å². The second-order valence-corrected chi connectivity index (χ2v) is 8.79. The third-order valence-corrected chi connectivity index (χ3v) is 6.88. The molecule has 2 aliphatic rings. The van der Waals surface area contributed by atoms with Gasteiger partial charge in [0.2, 0.25) is 0 Å². The van der Waals surface area contributed by atoms with Crippen LogP contribution in [0.5, 0.6) is 0 Å². The Kier molecular flexibility index (Phi) is 6.40. The number of pyridine rings is 1. The van der Waals surface area contributed by atoms with Crippen molar-refractivity contribution >= 4 is 17.2 Å². The van der Waals surface area contributed by atoms with Gasteiger partial charge in [0, 0.05) is 49.2 Å². The number of hydrogen-bond acceptors (Lipinski definition) is 5. The zero-order valence-electron chi connectivity index (χ0n) is 16.7. The normalized spacial score (nSPS) is 17.6. The van der Waals surface area contributed by atoms with E-state index in [0.29, 0.717) is 0 Å². The zero-order valence-corrected chi connectivity index (χ0v) is 17.6. The number of fused-ring (bicyclic) bond motifs is 1. The average Bonchev–Trinajstić information content (AvgIpc) is 3.38. The Morgan fingerprint density at radius 1 is 1.21 bits per heavy atom. The molecule has 4 rings (SSSR count). The van der Waals surface area contributed by atoms with Crippen molar-refractivity contribution in [1.82, 2.24) is 20.1 Å². The van der Waals surface area contributed by atoms with Gasteiger partial charge in [-0.05, 0) is 56.0 Å². The molecule has 1 saturated heterocycles. The fourth-order valence-electron chi connectivity index (χ4n) is 4.12. The van der Waals surface area contributed by atoms with Crippen LogP contribution in [0.3, 0.4) is 0 Å². The Balaban J connectivity index is 1.31. The van der Waals surface area contributed by atoms with E-state index in [-0.39, 0.29) is 5.91 Å². The van der Waals surface area contributed by atoms with E-state index in [1.165, 1.54) is 41.9 Å². The minimum atomic E-state index is 0.0990. The predicted molar refractivity (Wildman–Crippen MR) is 114 cm³/mol. The standard InChI is InChI=1S/C22H30N4OS/c1-2-17-5-6-18(24-13-17)14-26-11-7-19-20(16-28-21(19)15-26)22(27)23-8-12-25-9-3-4-10-25/h5-6,13,16H,2-4,7-12,14-15H2,1H3,(H,23,27). The zero-order chi connectivity index (χ0) is 19.3. The fraction of sp³-hybridized carbons (Fsp3) is 0.545. The maximum atomic E-state index is 12.6. The summed E-state index contributed by atoms with van der Waals surface area (Å²) in [5, 5.41) is 5.18. The Morgan fingerprint density at radius 3 is 2.82 bits per heavy atom. The third kappa shape index (κ3) is 4.62. The Bertz CT molecular complexity index is 795. The highest BCUT2D eigenvalue weighted by Gasteiger charge is 2.24. The van der Waals surface area contributed by atoms with E-state index in [1.54, 1.807) is 11.3 Å². The highest BCUT2D eigenvalue weighted by Crippen LogP contribution is 2.29. The number of hydrogen-bond donors (Lipinski definition) is 1. The second kappa shape index (κ2) is 9.16. The highest BCUT2D eigenvalue weighted by atomic mass is 32.1. The Hall–Kier alpha value is -1.76. The molecule has 2 aromatic rings. The van der Waals surface area contributed by atoms with Crippen molar-refractivity contribution in [2.45, 2.75) is 45.7 Å². The van der Waals surface area contributed by atoms with Crippen LogP contribution in [0.25, 0.3) is 0 Å². The van der Waals surface area contributed by atoms with Crippen molar-refractivity contribution < 1.29 is 4.79 Å². The molecule has 0 radical (unpaired) electrons. The minimum Gasteiger partial charge on any atom is -0.351 e. The number of likely N-dealkylation sites (tertiary alicyclic amines) is 1. The van der Waals surface area contributed by atoms with E-state index in [1.807, 2.05) is 11.6 Å². The van der Waals surface area contributed by atoms with Crippen LogP contribution in [0.15, 0.2) is 23.7 Å². The molecular weight excluding hydrogens is 368 g/mol. The molecule has 0 aromatic carbocycles. The van der Waals surface area contributed by atoms with E-state index in [2.05, 4.69) is 39.2 Å². The molecule has 2 aromatic heterocycles. The van der Waals surface area contributed by atoms with Crippen molar-refractivity contribution in [3.63, 3.8) is 0 Å². The lowest BCUT2D eigenvalue weighted by molar-refractivity contribution is 0.0948. The average molecular weight is 399 g/mol. The summed E-state index contributed by atoms with van der Waals surface area (Å²) >= 11 is 1.73. The molecule has 4 heterocycles. The van der Waals surface area contributed by atoms with Crippen molar-refractivity contribution in [3.05, 3.63) is 51.0 Å². The lowest BCUT2D eigenvalue weighted by Gasteiger charge is -2.27. The molecule has 150 valence electrons. The number of carbonyl (C=O) groups excluding carboxylic acids is 1. The summed E-state index contributed by atoms with van der Waals surface area (Å²) in [6, 6.07) is 4.31. The van der Waals surface area contributed by atoms with Crippen molar-refractivity contribution in [3.8, 4) is 0 Å². The van der Waals surface area contributed by atoms with Gasteiger partial charge in [-0.1, -0.05) is 13.0 Å². The van der Waals surface area contributed by atoms with Crippen LogP contribution in [0.4, 0.5) is 0 Å². The lowest BCUT2D eigenvalue weighted by Crippen LogP contribution is -2.34. The van der Waals surface area contributed by atoms with Crippen LogP contribution in [-0.2, 0) is 25.9 Å². The summed E-state index contributed by atoms with van der Waals surface area (Å²) in [6.07, 6.45) is 6.54. The van der Waals surface area contributed by atoms with Gasteiger partial charge < -0.3 is 10.2 Å². The van der Waals surface area contributed by atoms with Gasteiger partial charge in [0.25, 0.3) is 5.91 Å². The first-order valence-electron chi connectivity index (χ1n) is 10.5. The topological polar surface area (TPSA) is 48.5 Å². The number of carbonyl (C=O) groups is 1. The Morgan fingerprint density at radius 2 is 2.07 bits per heavy atom. The van der Waals surface area contributed by atoms with E-state index in [4.69, 9.17) is 0 Å². The molecule has 0 aliphatic carbocycles. The lowest BCUT2D eigenvalue weighted by atomic mass is 10.0. The third-order valence-electron chi connectivity index (χ3n) is 5.86. The SMILES string of the molecule is CCc1ccc(CN2CCc3c(C(=O)NCCN4CCCC4)csc3C2)nc1. The Labute approximate surface area is 171 Å². The second-order valence-electron chi connectivity index (χ2n) is 7.83. The maximum absolute atomic E-state index is 12.6. The molecule has 1 fully saturated rings. The molecule has 0 unspecified atom stereocenters. The van der Waals surface area contributed by atoms with Crippen molar-refractivity contribution in [2.75, 3.05) is 32.7 Å². The summed E-state index contributed by atoms with van der Waals surface area (Å²) in [5.41, 5.74) is 4.56. The maximum Gasteiger partial charge on any atom is 0.252 e. The molecule has 2 aliphatic heterocycles. The summed E-state index contributed by atoms with van der Waals surface area (Å²) in [6.45, 7) is 8.99. The summed E-state index contributed by atoms with van der Waals surface area (Å²) in [4.78, 5) is 23.4. The number of nitrogens with zero attached hydrogens (tertiary/aromatic N) is 3. The molecule has 0 spiro atoms. The molecule has 0 atom stereocenters. The molecule has 5 nitrogen and oxygen atoms in total. The summed E-state index contributed by atoms with van der Waals surface area (Å²) in [7, 11) is 0. The van der Waals surface area contributed by atoms with Crippen molar-refractivity contribution in [2.24, 2.45) is 0 Å². The van der Waals surface area contributed by atoms with Crippen molar-refractivity contribution in [1.29, 1.82) is 0 Å². The smallest absolute Gasteiger partial charge is 0.252 e. The monoisotopic (exact) mass is 398 g/mol. The summed E-state index contributed by atoms with van der Waals surface area (Å²) < 4.78 is 0. The van der Waals surface area contributed by atoms with Crippen LogP contribution in [0.2, 0.25) is 0 Å². The minimum absolute atomic E-state index is 0.0990. The number of thiophene rings is 1. The fourth-order valence-corrected chi connectivity index (χ4v) is 5.24. The van der Waals surface area contributed by atoms with E-state index in [0.717, 1.165) is 56.8 Å². The van der Waals surface area contributed by atoms with Crippen LogP contribution < -0.4 is 5.32 Å². The van der Waals surface area contributed by atoms with Crippen LogP contribution in [0, 0.1) is 0 Å². The largest absolute Gasteiger partial charge is 0.351 e. The first-order chi connectivity index (χ1) is 13.7. The molecular formula is C22H30N4OS. The van der Waals surface area contributed by atoms with Gasteiger partial charge in [-0.2, -0.15) is 0 Å². The van der Waals surface area contributed by atoms with Gasteiger partial charge >= 0.3 is 0 Å². The number of aromatic nitrogens is 1. The first-order valence-corrected chi connectivity index (χ1v) is 11.4. The number of rotatable bonds is 7. The molecule has 6 heteroatoms. The molecule has 0 saturated carbocycles. The van der Waals surface area contributed by atoms with Gasteiger partial charge in [0.05, 0.1) is 11.3 Å². The number of amides is 1. The van der Waals surface area contributed by atoms with Crippen LogP contribution in [-0.4, -0.2) is 53.4 Å². The van der Waals surface area contributed by atoms with Gasteiger partial charge in [-0.3, -0.25) is 14.7 Å². The van der Waals surface area contributed by atoms with Crippen LogP contribution >= 0.6 is 11.3 Å². The predicted octanol–water partition coefficient (Wildman–Crippen LogP) is 3.09. The van der Waals surface area contributed by atoms with E-state index >= 15 is 0 Å². The first kappa shape index (κ1) is 19.6. The van der Waals surface area contributed by atoms with Gasteiger partial charge in [0.15, 0.2) is 0 Å².